The molecule has 6 nitrogen and oxygen atoms in total. The molecule has 0 saturated carbocycles. The number of furan rings is 1. The maximum Gasteiger partial charge on any atom is 0.263 e. The van der Waals surface area contributed by atoms with Crippen molar-refractivity contribution < 1.29 is 14.3 Å². The zero-order valence-corrected chi connectivity index (χ0v) is 9.85. The maximum atomic E-state index is 11.6. The van der Waals surface area contributed by atoms with Crippen molar-refractivity contribution in [3.05, 3.63) is 35.9 Å². The lowest BCUT2D eigenvalue weighted by Crippen LogP contribution is -2.25. The van der Waals surface area contributed by atoms with Crippen molar-refractivity contribution in [3.63, 3.8) is 0 Å². The third-order valence-corrected chi connectivity index (χ3v) is 2.09. The smallest absolute Gasteiger partial charge is 0.263 e. The minimum atomic E-state index is -0.467. The largest absolute Gasteiger partial charge is 0.467 e. The van der Waals surface area contributed by atoms with E-state index in [2.05, 4.69) is 10.6 Å². The normalized spacial score (nSPS) is 10.8. The first-order valence-corrected chi connectivity index (χ1v) is 5.53. The standard InChI is InChI=1S/C12H15N3O3/c13-7-10(8-14-4-2-5-16)12(17)15-9-11-3-1-6-18-11/h1,3,6,8,14,16H,2,4-5,9H2,(H,15,17)/b10-8-. The fraction of sp³-hybridized carbons (Fsp3) is 0.333. The van der Waals surface area contributed by atoms with Crippen molar-refractivity contribution in [2.24, 2.45) is 0 Å². The molecule has 1 heterocycles. The molecule has 0 unspecified atom stereocenters. The highest BCUT2D eigenvalue weighted by Gasteiger charge is 2.08. The van der Waals surface area contributed by atoms with Gasteiger partial charge < -0.3 is 20.2 Å². The summed E-state index contributed by atoms with van der Waals surface area (Å²) in [6.45, 7) is 0.808. The Balaban J connectivity index is 2.39. The number of hydrogen-bond donors (Lipinski definition) is 3. The Morgan fingerprint density at radius 2 is 2.44 bits per heavy atom. The molecule has 1 aromatic heterocycles. The second-order valence-electron chi connectivity index (χ2n) is 3.46. The molecule has 0 aliphatic heterocycles. The van der Waals surface area contributed by atoms with Gasteiger partial charge >= 0.3 is 0 Å². The highest BCUT2D eigenvalue weighted by Crippen LogP contribution is 1.99. The van der Waals surface area contributed by atoms with Gasteiger partial charge in [-0.25, -0.2) is 0 Å². The van der Waals surface area contributed by atoms with Crippen molar-refractivity contribution in [3.8, 4) is 6.07 Å². The molecule has 96 valence electrons. The molecule has 0 bridgehead atoms. The summed E-state index contributed by atoms with van der Waals surface area (Å²) in [6, 6.07) is 5.26. The zero-order chi connectivity index (χ0) is 13.2. The van der Waals surface area contributed by atoms with Crippen molar-refractivity contribution >= 4 is 5.91 Å². The van der Waals surface area contributed by atoms with E-state index in [1.54, 1.807) is 18.2 Å². The van der Waals surface area contributed by atoms with Crippen LogP contribution < -0.4 is 10.6 Å². The van der Waals surface area contributed by atoms with Crippen LogP contribution in [0.4, 0.5) is 0 Å². The van der Waals surface area contributed by atoms with Gasteiger partial charge in [0.15, 0.2) is 0 Å². The Kier molecular flexibility index (Phi) is 6.08. The molecule has 0 aliphatic carbocycles. The fourth-order valence-corrected chi connectivity index (χ4v) is 1.18. The third kappa shape index (κ3) is 4.72. The molecule has 0 spiro atoms. The average Bonchev–Trinajstić information content (AvgIpc) is 2.89. The number of nitrogens with zero attached hydrogens (tertiary/aromatic N) is 1. The topological polar surface area (TPSA) is 98.3 Å². The highest BCUT2D eigenvalue weighted by molar-refractivity contribution is 5.96. The van der Waals surface area contributed by atoms with E-state index in [9.17, 15) is 4.79 Å². The second-order valence-corrected chi connectivity index (χ2v) is 3.46. The number of carbonyl (C=O) groups excluding carboxylic acids is 1. The maximum absolute atomic E-state index is 11.6. The molecule has 3 N–H and O–H groups in total. The summed E-state index contributed by atoms with van der Waals surface area (Å²) < 4.78 is 5.05. The SMILES string of the molecule is N#C/C(=C/NCCCO)C(=O)NCc1ccco1. The summed E-state index contributed by atoms with van der Waals surface area (Å²) in [7, 11) is 0. The van der Waals surface area contributed by atoms with Crippen molar-refractivity contribution in [1.82, 2.24) is 10.6 Å². The predicted molar refractivity (Wildman–Crippen MR) is 64.0 cm³/mol. The van der Waals surface area contributed by atoms with Gasteiger partial charge in [-0.1, -0.05) is 0 Å². The molecule has 0 saturated heterocycles. The molecule has 1 aromatic rings. The molecular formula is C12H15N3O3. The van der Waals surface area contributed by atoms with Gasteiger partial charge in [0, 0.05) is 19.4 Å². The van der Waals surface area contributed by atoms with E-state index >= 15 is 0 Å². The molecule has 0 atom stereocenters. The molecule has 18 heavy (non-hydrogen) atoms. The van der Waals surface area contributed by atoms with Crippen LogP contribution in [0.1, 0.15) is 12.2 Å². The molecule has 6 heteroatoms. The van der Waals surface area contributed by atoms with E-state index in [-0.39, 0.29) is 18.7 Å². The van der Waals surface area contributed by atoms with E-state index < -0.39 is 5.91 Å². The van der Waals surface area contributed by atoms with Crippen LogP contribution in [0.3, 0.4) is 0 Å². The van der Waals surface area contributed by atoms with Gasteiger partial charge in [-0.3, -0.25) is 4.79 Å². The summed E-state index contributed by atoms with van der Waals surface area (Å²) in [5.41, 5.74) is -0.0144. The van der Waals surface area contributed by atoms with Crippen molar-refractivity contribution in [2.75, 3.05) is 13.2 Å². The van der Waals surface area contributed by atoms with Crippen LogP contribution >= 0.6 is 0 Å². The Labute approximate surface area is 105 Å². The van der Waals surface area contributed by atoms with E-state index in [4.69, 9.17) is 14.8 Å². The van der Waals surface area contributed by atoms with Gasteiger partial charge in [-0.2, -0.15) is 5.26 Å². The predicted octanol–water partition coefficient (Wildman–Crippen LogP) is 0.275. The van der Waals surface area contributed by atoms with Gasteiger partial charge in [-0.15, -0.1) is 0 Å². The number of rotatable bonds is 7. The van der Waals surface area contributed by atoms with Crippen LogP contribution in [-0.2, 0) is 11.3 Å². The fourth-order valence-electron chi connectivity index (χ4n) is 1.18. The van der Waals surface area contributed by atoms with Crippen molar-refractivity contribution in [2.45, 2.75) is 13.0 Å². The van der Waals surface area contributed by atoms with Crippen molar-refractivity contribution in [1.29, 1.82) is 5.26 Å². The van der Waals surface area contributed by atoms with Gasteiger partial charge in [0.25, 0.3) is 5.91 Å². The van der Waals surface area contributed by atoms with Gasteiger partial charge in [0.2, 0.25) is 0 Å². The quantitative estimate of drug-likeness (QED) is 0.366. The number of amides is 1. The lowest BCUT2D eigenvalue weighted by molar-refractivity contribution is -0.117. The number of hydrogen-bond acceptors (Lipinski definition) is 5. The highest BCUT2D eigenvalue weighted by atomic mass is 16.3. The lowest BCUT2D eigenvalue weighted by atomic mass is 10.3. The van der Waals surface area contributed by atoms with E-state index in [1.165, 1.54) is 12.5 Å². The lowest BCUT2D eigenvalue weighted by Gasteiger charge is -2.03. The van der Waals surface area contributed by atoms with Crippen LogP contribution in [0.2, 0.25) is 0 Å². The zero-order valence-electron chi connectivity index (χ0n) is 9.85. The summed E-state index contributed by atoms with van der Waals surface area (Å²) >= 11 is 0. The Morgan fingerprint density at radius 1 is 1.61 bits per heavy atom. The van der Waals surface area contributed by atoms with Crippen LogP contribution in [0.15, 0.2) is 34.6 Å². The van der Waals surface area contributed by atoms with Crippen LogP contribution in [-0.4, -0.2) is 24.2 Å². The van der Waals surface area contributed by atoms with Gasteiger partial charge in [0.05, 0.1) is 12.8 Å². The summed E-state index contributed by atoms with van der Waals surface area (Å²) in [6.07, 6.45) is 3.41. The molecule has 0 fully saturated rings. The number of carbonyl (C=O) groups is 1. The average molecular weight is 249 g/mol. The van der Waals surface area contributed by atoms with Gasteiger partial charge in [0.1, 0.15) is 17.4 Å². The van der Waals surface area contributed by atoms with Gasteiger partial charge in [-0.05, 0) is 18.6 Å². The van der Waals surface area contributed by atoms with Crippen LogP contribution in [0, 0.1) is 11.3 Å². The molecule has 0 aromatic carbocycles. The Bertz CT molecular complexity index is 432. The van der Waals surface area contributed by atoms with Crippen LogP contribution in [0.5, 0.6) is 0 Å². The Morgan fingerprint density at radius 3 is 3.06 bits per heavy atom. The number of aliphatic hydroxyl groups is 1. The molecule has 0 aliphatic rings. The first-order valence-electron chi connectivity index (χ1n) is 5.53. The van der Waals surface area contributed by atoms with E-state index in [1.807, 2.05) is 0 Å². The molecule has 1 amide bonds. The summed E-state index contributed by atoms with van der Waals surface area (Å²) in [5.74, 6) is 0.152. The molecular weight excluding hydrogens is 234 g/mol. The first-order chi connectivity index (χ1) is 8.77. The number of nitriles is 1. The number of nitrogens with one attached hydrogen (secondary N) is 2. The first kappa shape index (κ1) is 13.8. The number of aliphatic hydroxyl groups excluding tert-OH is 1. The van der Waals surface area contributed by atoms with Crippen LogP contribution in [0.25, 0.3) is 0 Å². The van der Waals surface area contributed by atoms with E-state index in [0.717, 1.165) is 0 Å². The Hall–Kier alpha value is -2.26. The third-order valence-electron chi connectivity index (χ3n) is 2.09. The minimum Gasteiger partial charge on any atom is -0.467 e. The second kappa shape index (κ2) is 7.92. The minimum absolute atomic E-state index is 0.0144. The van der Waals surface area contributed by atoms with E-state index in [0.29, 0.717) is 18.7 Å². The monoisotopic (exact) mass is 249 g/mol. The summed E-state index contributed by atoms with van der Waals surface area (Å²) in [4.78, 5) is 11.6. The molecule has 1 rings (SSSR count). The molecule has 0 radical (unpaired) electrons. The summed E-state index contributed by atoms with van der Waals surface area (Å²) in [5, 5.41) is 22.7.